The molecule has 0 spiro atoms. The number of hydrogen-bond acceptors (Lipinski definition) is 4. The maximum Gasteiger partial charge on any atom is 0.257 e. The van der Waals surface area contributed by atoms with E-state index in [9.17, 15) is 4.79 Å². The maximum atomic E-state index is 11.5. The number of nitrogens with two attached hydrogens (primary N) is 1. The number of amides is 1. The zero-order valence-corrected chi connectivity index (χ0v) is 19.3. The Hall–Kier alpha value is -2.49. The SMILES string of the molecule is CCNC(=O)COc1cccc(CN=C(N)Nc2ccc(OC(C)C)cc2)c1.I. The lowest BCUT2D eigenvalue weighted by Gasteiger charge is -2.11. The number of nitrogens with one attached hydrogen (secondary N) is 2. The fourth-order valence-corrected chi connectivity index (χ4v) is 2.38. The van der Waals surface area contributed by atoms with E-state index < -0.39 is 0 Å². The smallest absolute Gasteiger partial charge is 0.257 e. The second-order valence-corrected chi connectivity index (χ2v) is 6.41. The van der Waals surface area contributed by atoms with Crippen molar-refractivity contribution in [1.82, 2.24) is 5.32 Å². The quantitative estimate of drug-likeness (QED) is 0.271. The van der Waals surface area contributed by atoms with Gasteiger partial charge in [0.25, 0.3) is 5.91 Å². The molecule has 0 aliphatic carbocycles. The van der Waals surface area contributed by atoms with Gasteiger partial charge >= 0.3 is 0 Å². The molecule has 0 aliphatic heterocycles. The van der Waals surface area contributed by atoms with Crippen molar-refractivity contribution >= 4 is 41.5 Å². The Bertz CT molecular complexity index is 795. The summed E-state index contributed by atoms with van der Waals surface area (Å²) < 4.78 is 11.1. The van der Waals surface area contributed by atoms with Gasteiger partial charge in [0.2, 0.25) is 0 Å². The Morgan fingerprint density at radius 2 is 1.86 bits per heavy atom. The van der Waals surface area contributed by atoms with Crippen molar-refractivity contribution in [3.8, 4) is 11.5 Å². The van der Waals surface area contributed by atoms with E-state index in [1.807, 2.05) is 63.2 Å². The summed E-state index contributed by atoms with van der Waals surface area (Å²) in [6.07, 6.45) is 0.131. The van der Waals surface area contributed by atoms with Gasteiger partial charge in [-0.25, -0.2) is 4.99 Å². The molecular formula is C21H29IN4O3. The van der Waals surface area contributed by atoms with Crippen molar-refractivity contribution in [2.24, 2.45) is 10.7 Å². The Kier molecular flexibility index (Phi) is 10.9. The summed E-state index contributed by atoms with van der Waals surface area (Å²) in [6, 6.07) is 15.0. The topological polar surface area (TPSA) is 98.0 Å². The van der Waals surface area contributed by atoms with Crippen LogP contribution in [0.5, 0.6) is 11.5 Å². The summed E-state index contributed by atoms with van der Waals surface area (Å²) in [6.45, 7) is 6.79. The van der Waals surface area contributed by atoms with Gasteiger partial charge in [-0.05, 0) is 62.7 Å². The van der Waals surface area contributed by atoms with Crippen LogP contribution in [0, 0.1) is 0 Å². The van der Waals surface area contributed by atoms with Gasteiger partial charge in [0.1, 0.15) is 11.5 Å². The highest BCUT2D eigenvalue weighted by Gasteiger charge is 2.03. The van der Waals surface area contributed by atoms with Crippen LogP contribution in [0.15, 0.2) is 53.5 Å². The fourth-order valence-electron chi connectivity index (χ4n) is 2.38. The van der Waals surface area contributed by atoms with Crippen LogP contribution in [0.2, 0.25) is 0 Å². The number of aliphatic imine (C=N–C) groups is 1. The zero-order chi connectivity index (χ0) is 20.4. The van der Waals surface area contributed by atoms with Crippen LogP contribution in [0.3, 0.4) is 0 Å². The summed E-state index contributed by atoms with van der Waals surface area (Å²) in [5, 5.41) is 5.74. The van der Waals surface area contributed by atoms with Crippen LogP contribution < -0.4 is 25.8 Å². The predicted octanol–water partition coefficient (Wildman–Crippen LogP) is 3.53. The molecule has 0 radical (unpaired) electrons. The van der Waals surface area contributed by atoms with Crippen LogP contribution in [0.25, 0.3) is 0 Å². The average molecular weight is 512 g/mol. The van der Waals surface area contributed by atoms with Crippen LogP contribution in [0.1, 0.15) is 26.3 Å². The highest BCUT2D eigenvalue weighted by atomic mass is 127. The zero-order valence-electron chi connectivity index (χ0n) is 17.0. The molecule has 29 heavy (non-hydrogen) atoms. The molecule has 0 aliphatic rings. The number of anilines is 1. The molecule has 0 fully saturated rings. The molecule has 158 valence electrons. The third kappa shape index (κ3) is 9.51. The lowest BCUT2D eigenvalue weighted by Crippen LogP contribution is -2.28. The monoisotopic (exact) mass is 512 g/mol. The maximum absolute atomic E-state index is 11.5. The molecule has 0 aromatic heterocycles. The third-order valence-electron chi connectivity index (χ3n) is 3.57. The first-order valence-corrected chi connectivity index (χ1v) is 9.28. The third-order valence-corrected chi connectivity index (χ3v) is 3.57. The van der Waals surface area contributed by atoms with Gasteiger partial charge in [-0.2, -0.15) is 0 Å². The summed E-state index contributed by atoms with van der Waals surface area (Å²) in [7, 11) is 0. The molecule has 4 N–H and O–H groups in total. The average Bonchev–Trinajstić information content (AvgIpc) is 2.66. The van der Waals surface area contributed by atoms with Gasteiger partial charge in [0.15, 0.2) is 12.6 Å². The van der Waals surface area contributed by atoms with Crippen LogP contribution in [-0.2, 0) is 11.3 Å². The normalized spacial score (nSPS) is 10.8. The van der Waals surface area contributed by atoms with Crippen molar-refractivity contribution in [1.29, 1.82) is 0 Å². The lowest BCUT2D eigenvalue weighted by molar-refractivity contribution is -0.122. The number of halogens is 1. The number of benzene rings is 2. The molecule has 2 aromatic rings. The van der Waals surface area contributed by atoms with Gasteiger partial charge in [-0.1, -0.05) is 12.1 Å². The summed E-state index contributed by atoms with van der Waals surface area (Å²) in [5.74, 6) is 1.59. The second kappa shape index (κ2) is 12.9. The number of nitrogens with zero attached hydrogens (tertiary/aromatic N) is 1. The fraction of sp³-hybridized carbons (Fsp3) is 0.333. The van der Waals surface area contributed by atoms with Crippen molar-refractivity contribution < 1.29 is 14.3 Å². The number of rotatable bonds is 9. The summed E-state index contributed by atoms with van der Waals surface area (Å²) in [5.41, 5.74) is 7.73. The minimum atomic E-state index is -0.149. The van der Waals surface area contributed by atoms with E-state index in [-0.39, 0.29) is 42.6 Å². The number of carbonyl (C=O) groups excluding carboxylic acids is 1. The number of likely N-dealkylation sites (N-methyl/N-ethyl adjacent to an activating group) is 1. The van der Waals surface area contributed by atoms with E-state index in [2.05, 4.69) is 15.6 Å². The van der Waals surface area contributed by atoms with Crippen molar-refractivity contribution in [2.45, 2.75) is 33.4 Å². The first-order chi connectivity index (χ1) is 13.5. The van der Waals surface area contributed by atoms with Crippen molar-refractivity contribution in [2.75, 3.05) is 18.5 Å². The molecule has 0 unspecified atom stereocenters. The first kappa shape index (κ1) is 24.5. The van der Waals surface area contributed by atoms with E-state index in [4.69, 9.17) is 15.2 Å². The van der Waals surface area contributed by atoms with Gasteiger partial charge in [-0.3, -0.25) is 4.79 Å². The molecule has 0 heterocycles. The summed E-state index contributed by atoms with van der Waals surface area (Å²) >= 11 is 0. The number of hydrogen-bond donors (Lipinski definition) is 3. The molecule has 2 rings (SSSR count). The van der Waals surface area contributed by atoms with Crippen molar-refractivity contribution in [3.63, 3.8) is 0 Å². The molecular weight excluding hydrogens is 483 g/mol. The minimum Gasteiger partial charge on any atom is -0.491 e. The van der Waals surface area contributed by atoms with Gasteiger partial charge < -0.3 is 25.8 Å². The highest BCUT2D eigenvalue weighted by molar-refractivity contribution is 14.0. The largest absolute Gasteiger partial charge is 0.491 e. The number of ether oxygens (including phenoxy) is 2. The first-order valence-electron chi connectivity index (χ1n) is 9.28. The Morgan fingerprint density at radius 3 is 2.52 bits per heavy atom. The molecule has 0 saturated carbocycles. The molecule has 7 nitrogen and oxygen atoms in total. The molecule has 2 aromatic carbocycles. The van der Waals surface area contributed by atoms with Gasteiger partial charge in [0.05, 0.1) is 12.6 Å². The highest BCUT2D eigenvalue weighted by Crippen LogP contribution is 2.17. The molecule has 0 bridgehead atoms. The molecule has 0 atom stereocenters. The molecule has 1 amide bonds. The molecule has 0 saturated heterocycles. The lowest BCUT2D eigenvalue weighted by atomic mass is 10.2. The second-order valence-electron chi connectivity index (χ2n) is 6.41. The van der Waals surface area contributed by atoms with Gasteiger partial charge in [-0.15, -0.1) is 24.0 Å². The predicted molar refractivity (Wildman–Crippen MR) is 127 cm³/mol. The Balaban J connectivity index is 0.00000420. The number of guanidine groups is 1. The van der Waals surface area contributed by atoms with E-state index in [1.54, 1.807) is 6.07 Å². The summed E-state index contributed by atoms with van der Waals surface area (Å²) in [4.78, 5) is 15.8. The Morgan fingerprint density at radius 1 is 1.14 bits per heavy atom. The molecule has 8 heteroatoms. The standard InChI is InChI=1S/C21H28N4O3.HI/c1-4-23-20(26)14-27-19-7-5-6-16(12-19)13-24-21(22)25-17-8-10-18(11-9-17)28-15(2)3;/h5-12,15H,4,13-14H2,1-3H3,(H,23,26)(H3,22,24,25);1H. The van der Waals surface area contributed by atoms with Crippen LogP contribution in [-0.4, -0.2) is 31.1 Å². The Labute approximate surface area is 189 Å². The van der Waals surface area contributed by atoms with E-state index >= 15 is 0 Å². The van der Waals surface area contributed by atoms with E-state index in [1.165, 1.54) is 0 Å². The van der Waals surface area contributed by atoms with Gasteiger partial charge in [0, 0.05) is 12.2 Å². The van der Waals surface area contributed by atoms with Crippen molar-refractivity contribution in [3.05, 3.63) is 54.1 Å². The van der Waals surface area contributed by atoms with Crippen LogP contribution in [0.4, 0.5) is 5.69 Å². The minimum absolute atomic E-state index is 0. The number of carbonyl (C=O) groups is 1. The van der Waals surface area contributed by atoms with E-state index in [0.29, 0.717) is 24.8 Å². The van der Waals surface area contributed by atoms with Crippen LogP contribution >= 0.6 is 24.0 Å². The van der Waals surface area contributed by atoms with E-state index in [0.717, 1.165) is 17.0 Å².